The smallest absolute Gasteiger partial charge is 0.224 e. The van der Waals surface area contributed by atoms with Gasteiger partial charge in [-0.3, -0.25) is 4.79 Å². The number of carbonyl (C=O) groups is 1. The lowest BCUT2D eigenvalue weighted by Crippen LogP contribution is -2.26. The second-order valence-electron chi connectivity index (χ2n) is 5.07. The molecular weight excluding hydrogens is 254 g/mol. The Morgan fingerprint density at radius 3 is 2.95 bits per heavy atom. The van der Waals surface area contributed by atoms with Crippen LogP contribution in [0.1, 0.15) is 30.4 Å². The van der Waals surface area contributed by atoms with E-state index in [2.05, 4.69) is 5.32 Å². The van der Waals surface area contributed by atoms with E-state index in [0.29, 0.717) is 13.0 Å². The number of aryl methyl sites for hydroxylation is 1. The van der Waals surface area contributed by atoms with Crippen molar-refractivity contribution in [2.75, 3.05) is 13.2 Å². The molecule has 0 saturated heterocycles. The van der Waals surface area contributed by atoms with Crippen LogP contribution in [-0.2, 0) is 11.2 Å². The van der Waals surface area contributed by atoms with Gasteiger partial charge in [0.2, 0.25) is 5.91 Å². The fourth-order valence-electron chi connectivity index (χ4n) is 2.21. The monoisotopic (exact) mass is 275 g/mol. The van der Waals surface area contributed by atoms with Gasteiger partial charge in [-0.2, -0.15) is 0 Å². The molecule has 0 fully saturated rings. The van der Waals surface area contributed by atoms with Crippen molar-refractivity contribution in [1.82, 2.24) is 5.32 Å². The standard InChI is InChI=1S/C16H21NO3/c1-12-5-6-15-14(9-12)13(11-20-15)10-16(19)17-7-3-2-4-8-18/h5-6,9,11,18H,2-4,7-8,10H2,1H3,(H,17,19). The van der Waals surface area contributed by atoms with Crippen molar-refractivity contribution in [2.24, 2.45) is 0 Å². The zero-order valence-electron chi connectivity index (χ0n) is 11.8. The first-order valence-electron chi connectivity index (χ1n) is 7.05. The van der Waals surface area contributed by atoms with Gasteiger partial charge in [0.05, 0.1) is 12.7 Å². The fraction of sp³-hybridized carbons (Fsp3) is 0.438. The van der Waals surface area contributed by atoms with Crippen molar-refractivity contribution < 1.29 is 14.3 Å². The van der Waals surface area contributed by atoms with E-state index in [9.17, 15) is 4.79 Å². The molecule has 0 aliphatic rings. The predicted octanol–water partition coefficient (Wildman–Crippen LogP) is 2.56. The molecule has 0 saturated carbocycles. The molecule has 1 aromatic heterocycles. The molecule has 2 rings (SSSR count). The number of hydrogen-bond donors (Lipinski definition) is 2. The average molecular weight is 275 g/mol. The molecule has 0 atom stereocenters. The van der Waals surface area contributed by atoms with E-state index in [1.54, 1.807) is 6.26 Å². The first-order valence-corrected chi connectivity index (χ1v) is 7.05. The molecule has 1 aromatic carbocycles. The molecule has 2 N–H and O–H groups in total. The molecule has 20 heavy (non-hydrogen) atoms. The van der Waals surface area contributed by atoms with E-state index in [-0.39, 0.29) is 12.5 Å². The van der Waals surface area contributed by atoms with E-state index < -0.39 is 0 Å². The summed E-state index contributed by atoms with van der Waals surface area (Å²) in [5, 5.41) is 12.6. The molecule has 108 valence electrons. The third-order valence-electron chi connectivity index (χ3n) is 3.32. The number of hydrogen-bond acceptors (Lipinski definition) is 3. The Hall–Kier alpha value is -1.81. The van der Waals surface area contributed by atoms with E-state index in [4.69, 9.17) is 9.52 Å². The summed E-state index contributed by atoms with van der Waals surface area (Å²) in [5.41, 5.74) is 2.91. The van der Waals surface area contributed by atoms with E-state index >= 15 is 0 Å². The van der Waals surface area contributed by atoms with Crippen molar-refractivity contribution in [2.45, 2.75) is 32.6 Å². The summed E-state index contributed by atoms with van der Waals surface area (Å²) >= 11 is 0. The fourth-order valence-corrected chi connectivity index (χ4v) is 2.21. The van der Waals surface area contributed by atoms with Crippen molar-refractivity contribution in [3.05, 3.63) is 35.6 Å². The normalized spacial score (nSPS) is 10.9. The molecule has 4 heteroatoms. The highest BCUT2D eigenvalue weighted by Crippen LogP contribution is 2.22. The number of rotatable bonds is 7. The largest absolute Gasteiger partial charge is 0.464 e. The summed E-state index contributed by atoms with van der Waals surface area (Å²) in [5.74, 6) is 0.0122. The van der Waals surface area contributed by atoms with Crippen molar-refractivity contribution in [3.63, 3.8) is 0 Å². The molecule has 0 aliphatic heterocycles. The molecule has 4 nitrogen and oxygen atoms in total. The van der Waals surface area contributed by atoms with Crippen LogP contribution >= 0.6 is 0 Å². The van der Waals surface area contributed by atoms with Crippen LogP contribution in [0.2, 0.25) is 0 Å². The summed E-state index contributed by atoms with van der Waals surface area (Å²) in [7, 11) is 0. The molecule has 1 heterocycles. The minimum Gasteiger partial charge on any atom is -0.464 e. The molecule has 0 bridgehead atoms. The lowest BCUT2D eigenvalue weighted by Gasteiger charge is -2.04. The Labute approximate surface area is 118 Å². The zero-order chi connectivity index (χ0) is 14.4. The molecule has 0 aliphatic carbocycles. The first kappa shape index (κ1) is 14.6. The maximum Gasteiger partial charge on any atom is 0.224 e. The summed E-state index contributed by atoms with van der Waals surface area (Å²) < 4.78 is 5.45. The number of carbonyl (C=O) groups excluding carboxylic acids is 1. The molecule has 0 spiro atoms. The second kappa shape index (κ2) is 7.10. The Balaban J connectivity index is 1.88. The predicted molar refractivity (Wildman–Crippen MR) is 78.6 cm³/mol. The topological polar surface area (TPSA) is 62.5 Å². The lowest BCUT2D eigenvalue weighted by atomic mass is 10.1. The molecule has 1 amide bonds. The van der Waals surface area contributed by atoms with Crippen molar-refractivity contribution in [3.8, 4) is 0 Å². The van der Waals surface area contributed by atoms with E-state index in [1.807, 2.05) is 25.1 Å². The Kier molecular flexibility index (Phi) is 5.18. The van der Waals surface area contributed by atoms with Gasteiger partial charge in [0.25, 0.3) is 0 Å². The van der Waals surface area contributed by atoms with Gasteiger partial charge >= 0.3 is 0 Å². The highest BCUT2D eigenvalue weighted by molar-refractivity contribution is 5.87. The number of furan rings is 1. The number of unbranched alkanes of at least 4 members (excludes halogenated alkanes) is 2. The van der Waals surface area contributed by atoms with Crippen LogP contribution in [-0.4, -0.2) is 24.2 Å². The van der Waals surface area contributed by atoms with Crippen LogP contribution in [0.15, 0.2) is 28.9 Å². The SMILES string of the molecule is Cc1ccc2occ(CC(=O)NCCCCCO)c2c1. The summed E-state index contributed by atoms with van der Waals surface area (Å²) in [6.07, 6.45) is 4.63. The third-order valence-corrected chi connectivity index (χ3v) is 3.32. The third kappa shape index (κ3) is 3.84. The van der Waals surface area contributed by atoms with E-state index in [1.165, 1.54) is 0 Å². The molecular formula is C16H21NO3. The maximum absolute atomic E-state index is 11.9. The van der Waals surface area contributed by atoms with Crippen molar-refractivity contribution in [1.29, 1.82) is 0 Å². The Morgan fingerprint density at radius 2 is 2.15 bits per heavy atom. The highest BCUT2D eigenvalue weighted by Gasteiger charge is 2.10. The number of benzene rings is 1. The second-order valence-corrected chi connectivity index (χ2v) is 5.07. The van der Waals surface area contributed by atoms with Gasteiger partial charge in [0.15, 0.2) is 0 Å². The number of amides is 1. The van der Waals surface area contributed by atoms with Gasteiger partial charge in [-0.05, 0) is 38.3 Å². The summed E-state index contributed by atoms with van der Waals surface area (Å²) in [4.78, 5) is 11.9. The highest BCUT2D eigenvalue weighted by atomic mass is 16.3. The van der Waals surface area contributed by atoms with Crippen LogP contribution in [0.25, 0.3) is 11.0 Å². The maximum atomic E-state index is 11.9. The van der Waals surface area contributed by atoms with Crippen LogP contribution in [0.5, 0.6) is 0 Å². The summed E-state index contributed by atoms with van der Waals surface area (Å²) in [6, 6.07) is 5.97. The lowest BCUT2D eigenvalue weighted by molar-refractivity contribution is -0.120. The minimum atomic E-state index is 0.0122. The Morgan fingerprint density at radius 1 is 1.30 bits per heavy atom. The average Bonchev–Trinajstić information content (AvgIpc) is 2.81. The van der Waals surface area contributed by atoms with Gasteiger partial charge in [-0.1, -0.05) is 11.6 Å². The number of nitrogens with one attached hydrogen (secondary N) is 1. The van der Waals surface area contributed by atoms with Gasteiger partial charge in [-0.25, -0.2) is 0 Å². The molecule has 0 radical (unpaired) electrons. The number of aliphatic hydroxyl groups excluding tert-OH is 1. The first-order chi connectivity index (χ1) is 9.70. The van der Waals surface area contributed by atoms with Gasteiger partial charge < -0.3 is 14.8 Å². The van der Waals surface area contributed by atoms with Crippen LogP contribution in [0, 0.1) is 6.92 Å². The van der Waals surface area contributed by atoms with Crippen LogP contribution in [0.3, 0.4) is 0 Å². The minimum absolute atomic E-state index is 0.0122. The van der Waals surface area contributed by atoms with E-state index in [0.717, 1.165) is 41.4 Å². The molecule has 2 aromatic rings. The van der Waals surface area contributed by atoms with Crippen molar-refractivity contribution >= 4 is 16.9 Å². The van der Waals surface area contributed by atoms with Crippen LogP contribution in [0.4, 0.5) is 0 Å². The Bertz CT molecular complexity index is 574. The molecule has 0 unspecified atom stereocenters. The van der Waals surface area contributed by atoms with Crippen LogP contribution < -0.4 is 5.32 Å². The number of fused-ring (bicyclic) bond motifs is 1. The quantitative estimate of drug-likeness (QED) is 0.763. The zero-order valence-corrected chi connectivity index (χ0v) is 11.8. The van der Waals surface area contributed by atoms with Gasteiger partial charge in [0.1, 0.15) is 5.58 Å². The van der Waals surface area contributed by atoms with Gasteiger partial charge in [-0.15, -0.1) is 0 Å². The summed E-state index contributed by atoms with van der Waals surface area (Å²) in [6.45, 7) is 2.90. The van der Waals surface area contributed by atoms with Gasteiger partial charge in [0, 0.05) is 24.1 Å². The number of aliphatic hydroxyl groups is 1.